The van der Waals surface area contributed by atoms with Gasteiger partial charge in [0.05, 0.1) is 41.1 Å². The zero-order valence-electron chi connectivity index (χ0n) is 16.5. The van der Waals surface area contributed by atoms with Gasteiger partial charge in [-0.25, -0.2) is 0 Å². The van der Waals surface area contributed by atoms with Crippen LogP contribution in [0.4, 0.5) is 0 Å². The van der Waals surface area contributed by atoms with E-state index in [0.717, 1.165) is 38.2 Å². The molecule has 0 spiro atoms. The number of benzene rings is 3. The molecule has 4 aromatic rings. The number of aromatic nitrogens is 1. The lowest BCUT2D eigenvalue weighted by Gasteiger charge is -2.15. The first-order valence-corrected chi connectivity index (χ1v) is 8.72. The molecule has 1 aromatic heterocycles. The van der Waals surface area contributed by atoms with Crippen molar-refractivity contribution in [1.82, 2.24) is 4.98 Å². The van der Waals surface area contributed by atoms with E-state index in [1.807, 2.05) is 36.5 Å². The van der Waals surface area contributed by atoms with Gasteiger partial charge >= 0.3 is 0 Å². The summed E-state index contributed by atoms with van der Waals surface area (Å²) in [4.78, 5) is 4.73. The van der Waals surface area contributed by atoms with Crippen LogP contribution in [0, 0.1) is 0 Å². The lowest BCUT2D eigenvalue weighted by Crippen LogP contribution is -1.95. The van der Waals surface area contributed by atoms with E-state index in [2.05, 4.69) is 0 Å². The third kappa shape index (κ3) is 2.60. The van der Waals surface area contributed by atoms with Crippen LogP contribution in [-0.4, -0.2) is 40.5 Å². The van der Waals surface area contributed by atoms with E-state index in [0.29, 0.717) is 23.0 Å². The molecule has 0 unspecified atom stereocenters. The number of methoxy groups -OCH3 is 5. The SMILES string of the molecule is COc1cc2cnc3c4cc(OC)c(OC)cc4c(OC)cc3c2cc1OC. The fraction of sp³-hybridized carbons (Fsp3) is 0.227. The maximum Gasteiger partial charge on any atom is 0.161 e. The van der Waals surface area contributed by atoms with E-state index in [4.69, 9.17) is 28.7 Å². The third-order valence-corrected chi connectivity index (χ3v) is 4.97. The summed E-state index contributed by atoms with van der Waals surface area (Å²) in [5, 5.41) is 4.73. The van der Waals surface area contributed by atoms with Crippen molar-refractivity contribution in [3.8, 4) is 28.7 Å². The van der Waals surface area contributed by atoms with Gasteiger partial charge in [-0.05, 0) is 35.7 Å². The van der Waals surface area contributed by atoms with Gasteiger partial charge < -0.3 is 23.7 Å². The highest BCUT2D eigenvalue weighted by Gasteiger charge is 2.16. The molecule has 0 fully saturated rings. The minimum atomic E-state index is 0.638. The summed E-state index contributed by atoms with van der Waals surface area (Å²) in [6, 6.07) is 9.71. The Labute approximate surface area is 162 Å². The second kappa shape index (κ2) is 6.96. The minimum absolute atomic E-state index is 0.638. The molecule has 3 aromatic carbocycles. The Morgan fingerprint density at radius 1 is 0.500 bits per heavy atom. The molecule has 144 valence electrons. The van der Waals surface area contributed by atoms with Crippen LogP contribution < -0.4 is 23.7 Å². The van der Waals surface area contributed by atoms with Crippen LogP contribution in [0.5, 0.6) is 28.7 Å². The van der Waals surface area contributed by atoms with Crippen molar-refractivity contribution < 1.29 is 23.7 Å². The molecular formula is C22H21NO5. The Morgan fingerprint density at radius 3 is 1.50 bits per heavy atom. The molecular weight excluding hydrogens is 358 g/mol. The summed E-state index contributed by atoms with van der Waals surface area (Å²) in [5.74, 6) is 3.33. The molecule has 4 rings (SSSR count). The fourth-order valence-corrected chi connectivity index (χ4v) is 3.58. The first-order chi connectivity index (χ1) is 13.6. The number of fused-ring (bicyclic) bond motifs is 5. The lowest BCUT2D eigenvalue weighted by atomic mass is 9.99. The van der Waals surface area contributed by atoms with E-state index in [1.165, 1.54) is 0 Å². The van der Waals surface area contributed by atoms with E-state index in [1.54, 1.807) is 35.5 Å². The normalized spacial score (nSPS) is 11.0. The molecule has 0 saturated heterocycles. The topological polar surface area (TPSA) is 59.0 Å². The van der Waals surface area contributed by atoms with Crippen LogP contribution in [0.1, 0.15) is 0 Å². The number of pyridine rings is 1. The Kier molecular flexibility index (Phi) is 4.47. The Morgan fingerprint density at radius 2 is 0.929 bits per heavy atom. The van der Waals surface area contributed by atoms with Gasteiger partial charge in [0.1, 0.15) is 5.75 Å². The first kappa shape index (κ1) is 18.0. The maximum atomic E-state index is 5.68. The van der Waals surface area contributed by atoms with Crippen LogP contribution in [0.25, 0.3) is 32.4 Å². The molecule has 1 heterocycles. The number of hydrogen-bond donors (Lipinski definition) is 0. The molecule has 0 N–H and O–H groups in total. The Hall–Kier alpha value is -3.41. The van der Waals surface area contributed by atoms with Gasteiger partial charge in [-0.2, -0.15) is 0 Å². The van der Waals surface area contributed by atoms with E-state index in [9.17, 15) is 0 Å². The van der Waals surface area contributed by atoms with Crippen LogP contribution in [-0.2, 0) is 0 Å². The predicted octanol–water partition coefficient (Wildman–Crippen LogP) is 4.58. The lowest BCUT2D eigenvalue weighted by molar-refractivity contribution is 0.355. The zero-order chi connectivity index (χ0) is 19.8. The molecule has 0 atom stereocenters. The van der Waals surface area contributed by atoms with Gasteiger partial charge in [-0.15, -0.1) is 0 Å². The average molecular weight is 379 g/mol. The molecule has 6 nitrogen and oxygen atoms in total. The Bertz CT molecular complexity index is 1200. The summed E-state index contributed by atoms with van der Waals surface area (Å²) >= 11 is 0. The van der Waals surface area contributed by atoms with Crippen molar-refractivity contribution >= 4 is 32.4 Å². The van der Waals surface area contributed by atoms with Crippen molar-refractivity contribution in [2.24, 2.45) is 0 Å². The molecule has 0 radical (unpaired) electrons. The molecule has 0 amide bonds. The van der Waals surface area contributed by atoms with Crippen molar-refractivity contribution in [2.75, 3.05) is 35.5 Å². The number of rotatable bonds is 5. The zero-order valence-corrected chi connectivity index (χ0v) is 16.5. The average Bonchev–Trinajstić information content (AvgIpc) is 2.75. The van der Waals surface area contributed by atoms with Crippen molar-refractivity contribution in [1.29, 1.82) is 0 Å². The smallest absolute Gasteiger partial charge is 0.161 e. The monoisotopic (exact) mass is 379 g/mol. The summed E-state index contributed by atoms with van der Waals surface area (Å²) in [7, 11) is 8.13. The number of ether oxygens (including phenoxy) is 5. The highest BCUT2D eigenvalue weighted by atomic mass is 16.5. The molecule has 6 heteroatoms. The second-order valence-electron chi connectivity index (χ2n) is 6.28. The summed E-state index contributed by atoms with van der Waals surface area (Å²) in [5.41, 5.74) is 0.844. The maximum absolute atomic E-state index is 5.68. The minimum Gasteiger partial charge on any atom is -0.496 e. The highest BCUT2D eigenvalue weighted by Crippen LogP contribution is 2.42. The van der Waals surface area contributed by atoms with Gasteiger partial charge in [-0.3, -0.25) is 4.98 Å². The quantitative estimate of drug-likeness (QED) is 0.473. The summed E-state index contributed by atoms with van der Waals surface area (Å²) in [6.07, 6.45) is 1.84. The predicted molar refractivity (Wildman–Crippen MR) is 110 cm³/mol. The molecule has 0 aliphatic heterocycles. The van der Waals surface area contributed by atoms with Crippen molar-refractivity contribution in [2.45, 2.75) is 0 Å². The largest absolute Gasteiger partial charge is 0.496 e. The summed E-state index contributed by atoms with van der Waals surface area (Å²) < 4.78 is 27.5. The molecule has 0 saturated carbocycles. The summed E-state index contributed by atoms with van der Waals surface area (Å²) in [6.45, 7) is 0. The van der Waals surface area contributed by atoms with E-state index < -0.39 is 0 Å². The fourth-order valence-electron chi connectivity index (χ4n) is 3.58. The number of hydrogen-bond acceptors (Lipinski definition) is 6. The molecule has 0 aliphatic rings. The number of nitrogens with zero attached hydrogens (tertiary/aromatic N) is 1. The third-order valence-electron chi connectivity index (χ3n) is 4.97. The van der Waals surface area contributed by atoms with Gasteiger partial charge in [0.2, 0.25) is 0 Å². The standard InChI is InChI=1S/C22H21NO5/c1-24-17-9-15-13-7-19(26-3)18(25-2)6-12(13)11-23-22(15)16-10-21(28-5)20(27-4)8-14(16)17/h6-11H,1-5H3. The molecule has 0 aliphatic carbocycles. The molecule has 28 heavy (non-hydrogen) atoms. The van der Waals surface area contributed by atoms with Crippen LogP contribution in [0.2, 0.25) is 0 Å². The highest BCUT2D eigenvalue weighted by molar-refractivity contribution is 6.17. The first-order valence-electron chi connectivity index (χ1n) is 8.72. The van der Waals surface area contributed by atoms with E-state index >= 15 is 0 Å². The molecule has 0 bridgehead atoms. The van der Waals surface area contributed by atoms with E-state index in [-0.39, 0.29) is 0 Å². The Balaban J connectivity index is 2.17. The van der Waals surface area contributed by atoms with Gasteiger partial charge in [0.15, 0.2) is 23.0 Å². The van der Waals surface area contributed by atoms with Gasteiger partial charge in [0.25, 0.3) is 0 Å². The van der Waals surface area contributed by atoms with Gasteiger partial charge in [-0.1, -0.05) is 0 Å². The van der Waals surface area contributed by atoms with Crippen molar-refractivity contribution in [3.05, 3.63) is 36.5 Å². The van der Waals surface area contributed by atoms with Crippen LogP contribution in [0.15, 0.2) is 36.5 Å². The second-order valence-corrected chi connectivity index (χ2v) is 6.28. The van der Waals surface area contributed by atoms with Crippen LogP contribution >= 0.6 is 0 Å². The van der Waals surface area contributed by atoms with Gasteiger partial charge in [0, 0.05) is 27.7 Å². The van der Waals surface area contributed by atoms with Crippen molar-refractivity contribution in [3.63, 3.8) is 0 Å². The van der Waals surface area contributed by atoms with Crippen LogP contribution in [0.3, 0.4) is 0 Å².